The van der Waals surface area contributed by atoms with E-state index in [1.54, 1.807) is 13.0 Å². The smallest absolute Gasteiger partial charge is 0.258 e. The van der Waals surface area contributed by atoms with Crippen LogP contribution in [0.1, 0.15) is 69.2 Å². The number of rotatable bonds is 3. The molecule has 0 radical (unpaired) electrons. The summed E-state index contributed by atoms with van der Waals surface area (Å²) >= 11 is 0. The number of nitrogens with one attached hydrogen (secondary N) is 2. The molecule has 32 heavy (non-hydrogen) atoms. The number of carbonyl (C=O) groups excluding carboxylic acids is 3. The summed E-state index contributed by atoms with van der Waals surface area (Å²) in [7, 11) is 0. The summed E-state index contributed by atoms with van der Waals surface area (Å²) < 4.78 is 6.43. The highest BCUT2D eigenvalue weighted by Gasteiger charge is 2.62. The third-order valence-electron chi connectivity index (χ3n) is 8.21. The summed E-state index contributed by atoms with van der Waals surface area (Å²) in [4.78, 5) is 40.8. The Morgan fingerprint density at radius 1 is 1.22 bits per heavy atom. The molecule has 1 aromatic carbocycles. The van der Waals surface area contributed by atoms with Gasteiger partial charge in [0.2, 0.25) is 11.8 Å². The maximum Gasteiger partial charge on any atom is 0.258 e. The van der Waals surface area contributed by atoms with Gasteiger partial charge in [0.05, 0.1) is 5.56 Å². The minimum absolute atomic E-state index is 0.0140. The molecule has 2 heterocycles. The monoisotopic (exact) mass is 439 g/mol. The molecule has 7 nitrogen and oxygen atoms in total. The van der Waals surface area contributed by atoms with Crippen molar-refractivity contribution in [3.63, 3.8) is 0 Å². The van der Waals surface area contributed by atoms with Crippen LogP contribution in [0.2, 0.25) is 0 Å². The SMILES string of the molecule is CC(NC(=O)C1CC2CCC1(C)CC21NC(=O)c2ccccc2O1)C(=O)N1CCCCC1. The summed E-state index contributed by atoms with van der Waals surface area (Å²) in [5.74, 6) is 0.345. The zero-order chi connectivity index (χ0) is 22.5. The second kappa shape index (κ2) is 7.78. The van der Waals surface area contributed by atoms with Crippen molar-refractivity contribution in [2.24, 2.45) is 17.3 Å². The summed E-state index contributed by atoms with van der Waals surface area (Å²) in [5.41, 5.74) is -0.499. The van der Waals surface area contributed by atoms with Gasteiger partial charge in [0, 0.05) is 31.3 Å². The number of hydrogen-bond acceptors (Lipinski definition) is 4. The maximum atomic E-state index is 13.3. The lowest BCUT2D eigenvalue weighted by Crippen LogP contribution is -2.69. The second-order valence-corrected chi connectivity index (χ2v) is 10.4. The lowest BCUT2D eigenvalue weighted by Gasteiger charge is -2.59. The lowest BCUT2D eigenvalue weighted by atomic mass is 9.52. The number of carbonyl (C=O) groups is 3. The summed E-state index contributed by atoms with van der Waals surface area (Å²) in [5, 5.41) is 6.17. The molecule has 5 aliphatic rings. The molecule has 7 heteroatoms. The molecule has 172 valence electrons. The van der Waals surface area contributed by atoms with E-state index in [0.29, 0.717) is 24.2 Å². The van der Waals surface area contributed by atoms with Gasteiger partial charge in [0.15, 0.2) is 5.72 Å². The molecular weight excluding hydrogens is 406 g/mol. The van der Waals surface area contributed by atoms with Crippen molar-refractivity contribution < 1.29 is 19.1 Å². The van der Waals surface area contributed by atoms with Gasteiger partial charge in [-0.3, -0.25) is 14.4 Å². The molecule has 0 aromatic heterocycles. The molecule has 3 aliphatic carbocycles. The van der Waals surface area contributed by atoms with Crippen LogP contribution >= 0.6 is 0 Å². The normalized spacial score (nSPS) is 34.3. The van der Waals surface area contributed by atoms with Crippen molar-refractivity contribution in [2.45, 2.75) is 70.6 Å². The van der Waals surface area contributed by atoms with Crippen LogP contribution in [0.15, 0.2) is 24.3 Å². The Morgan fingerprint density at radius 2 is 1.97 bits per heavy atom. The van der Waals surface area contributed by atoms with Crippen molar-refractivity contribution in [1.29, 1.82) is 0 Å². The maximum absolute atomic E-state index is 13.3. The van der Waals surface area contributed by atoms with Crippen LogP contribution in [0.4, 0.5) is 0 Å². The van der Waals surface area contributed by atoms with Crippen LogP contribution in [0, 0.1) is 17.3 Å². The van der Waals surface area contributed by atoms with Crippen molar-refractivity contribution in [3.8, 4) is 5.75 Å². The fraction of sp³-hybridized carbons (Fsp3) is 0.640. The number of nitrogens with zero attached hydrogens (tertiary/aromatic N) is 1. The predicted molar refractivity (Wildman–Crippen MR) is 119 cm³/mol. The Morgan fingerprint density at radius 3 is 2.72 bits per heavy atom. The van der Waals surface area contributed by atoms with Gasteiger partial charge in [0.1, 0.15) is 11.8 Å². The standard InChI is InChI=1S/C25H33N3O4/c1-16(23(31)28-12-6-3-7-13-28)26-22(30)19-14-17-10-11-24(19,2)15-25(17)27-21(29)18-8-4-5-9-20(18)32-25/h4-5,8-9,16-17,19H,3,6-7,10-15H2,1-2H3,(H,26,30)(H,27,29). The molecule has 3 amide bonds. The van der Waals surface area contributed by atoms with E-state index in [-0.39, 0.29) is 35.0 Å². The van der Waals surface area contributed by atoms with E-state index < -0.39 is 11.8 Å². The summed E-state index contributed by atoms with van der Waals surface area (Å²) in [6.45, 7) is 5.48. The molecule has 2 aliphatic heterocycles. The minimum Gasteiger partial charge on any atom is -0.467 e. The molecule has 1 saturated heterocycles. The molecule has 6 rings (SSSR count). The first-order valence-electron chi connectivity index (χ1n) is 12.0. The molecule has 1 aromatic rings. The van der Waals surface area contributed by atoms with Gasteiger partial charge >= 0.3 is 0 Å². The molecule has 3 saturated carbocycles. The zero-order valence-corrected chi connectivity index (χ0v) is 19.0. The number of para-hydroxylation sites is 1. The molecule has 1 spiro atoms. The highest BCUT2D eigenvalue weighted by Crippen LogP contribution is 2.58. The number of amides is 3. The van der Waals surface area contributed by atoms with Crippen LogP contribution in [0.25, 0.3) is 0 Å². The highest BCUT2D eigenvalue weighted by atomic mass is 16.5. The van der Waals surface area contributed by atoms with E-state index in [9.17, 15) is 14.4 Å². The van der Waals surface area contributed by atoms with Gasteiger partial charge in [-0.15, -0.1) is 0 Å². The summed E-state index contributed by atoms with van der Waals surface area (Å²) in [6.07, 6.45) is 6.29. The predicted octanol–water partition coefficient (Wildman–Crippen LogP) is 2.85. The first kappa shape index (κ1) is 21.3. The Hall–Kier alpha value is -2.57. The Labute approximate surface area is 189 Å². The Bertz CT molecular complexity index is 943. The first-order valence-corrected chi connectivity index (χ1v) is 12.0. The van der Waals surface area contributed by atoms with Crippen LogP contribution < -0.4 is 15.4 Å². The van der Waals surface area contributed by atoms with Crippen molar-refractivity contribution in [1.82, 2.24) is 15.5 Å². The van der Waals surface area contributed by atoms with Gasteiger partial charge < -0.3 is 20.3 Å². The quantitative estimate of drug-likeness (QED) is 0.758. The van der Waals surface area contributed by atoms with Crippen LogP contribution in [-0.4, -0.2) is 47.5 Å². The fourth-order valence-electron chi connectivity index (χ4n) is 6.42. The van der Waals surface area contributed by atoms with Gasteiger partial charge in [-0.2, -0.15) is 0 Å². The van der Waals surface area contributed by atoms with E-state index in [4.69, 9.17) is 4.74 Å². The average molecular weight is 440 g/mol. The third kappa shape index (κ3) is 3.46. The number of likely N-dealkylation sites (tertiary alicyclic amines) is 1. The zero-order valence-electron chi connectivity index (χ0n) is 19.0. The molecular formula is C25H33N3O4. The van der Waals surface area contributed by atoms with E-state index in [2.05, 4.69) is 17.6 Å². The second-order valence-electron chi connectivity index (χ2n) is 10.4. The Balaban J connectivity index is 1.30. The van der Waals surface area contributed by atoms with Crippen LogP contribution in [0.5, 0.6) is 5.75 Å². The summed E-state index contributed by atoms with van der Waals surface area (Å²) in [6, 6.07) is 6.82. The van der Waals surface area contributed by atoms with Gasteiger partial charge in [-0.1, -0.05) is 19.1 Å². The average Bonchev–Trinajstić information content (AvgIpc) is 2.78. The molecule has 4 fully saturated rings. The third-order valence-corrected chi connectivity index (χ3v) is 8.21. The van der Waals surface area contributed by atoms with E-state index >= 15 is 0 Å². The minimum atomic E-state index is -0.759. The largest absolute Gasteiger partial charge is 0.467 e. The van der Waals surface area contributed by atoms with Crippen molar-refractivity contribution >= 4 is 17.7 Å². The number of fused-ring (bicyclic) bond motifs is 3. The highest BCUT2D eigenvalue weighted by molar-refractivity contribution is 5.98. The topological polar surface area (TPSA) is 87.7 Å². The molecule has 5 atom stereocenters. The number of hydrogen-bond donors (Lipinski definition) is 2. The molecule has 5 unspecified atom stereocenters. The number of benzene rings is 1. The van der Waals surface area contributed by atoms with E-state index in [1.807, 2.05) is 23.1 Å². The number of ether oxygens (including phenoxy) is 1. The van der Waals surface area contributed by atoms with Crippen LogP contribution in [0.3, 0.4) is 0 Å². The first-order chi connectivity index (χ1) is 15.3. The molecule has 2 N–H and O–H groups in total. The van der Waals surface area contributed by atoms with E-state index in [0.717, 1.165) is 45.2 Å². The van der Waals surface area contributed by atoms with Gasteiger partial charge in [-0.25, -0.2) is 0 Å². The fourth-order valence-corrected chi connectivity index (χ4v) is 6.42. The van der Waals surface area contributed by atoms with Crippen molar-refractivity contribution in [3.05, 3.63) is 29.8 Å². The van der Waals surface area contributed by atoms with Crippen molar-refractivity contribution in [2.75, 3.05) is 13.1 Å². The van der Waals surface area contributed by atoms with Crippen LogP contribution in [-0.2, 0) is 9.59 Å². The number of piperidine rings is 1. The lowest BCUT2D eigenvalue weighted by molar-refractivity contribution is -0.168. The van der Waals surface area contributed by atoms with Gasteiger partial charge in [-0.05, 0) is 63.0 Å². The molecule has 2 bridgehead atoms. The van der Waals surface area contributed by atoms with Gasteiger partial charge in [0.25, 0.3) is 5.91 Å². The van der Waals surface area contributed by atoms with E-state index in [1.165, 1.54) is 0 Å². The Kier molecular flexibility index (Phi) is 5.18.